The van der Waals surface area contributed by atoms with Crippen LogP contribution < -0.4 is 29.9 Å². The van der Waals surface area contributed by atoms with Crippen molar-refractivity contribution in [2.45, 2.75) is 78.2 Å². The summed E-state index contributed by atoms with van der Waals surface area (Å²) in [5.74, 6) is 2.40. The number of nitrogens with one attached hydrogen (secondary N) is 2. The van der Waals surface area contributed by atoms with Crippen LogP contribution in [0.4, 0.5) is 11.4 Å². The summed E-state index contributed by atoms with van der Waals surface area (Å²) >= 11 is 9.01. The van der Waals surface area contributed by atoms with E-state index in [9.17, 15) is 19.2 Å². The van der Waals surface area contributed by atoms with Crippen molar-refractivity contribution in [2.24, 2.45) is 5.92 Å². The largest absolute Gasteiger partial charge is 0.457 e. The SMILES string of the molecule is CC(C)[C@H]1CN(C(=O)C(c2cccs2)N(C(=O)CCl)c2ccc(Oc3ccccc3)cc2)CCN1.CCC(=O)N(c1ccc(Oc2ccccc2)cc1C)C(C(=O)N1CC(C)NC(C)C1)c1cccs1.Cl.Cl. The number of anilines is 2. The Labute approximate surface area is 449 Å². The van der Waals surface area contributed by atoms with Gasteiger partial charge in [0.1, 0.15) is 41.0 Å². The summed E-state index contributed by atoms with van der Waals surface area (Å²) in [7, 11) is 0. The Morgan fingerprint density at radius 3 is 1.68 bits per heavy atom. The Hall–Kier alpha value is -5.45. The maximum absolute atomic E-state index is 14.0. The highest BCUT2D eigenvalue weighted by Crippen LogP contribution is 2.38. The molecular formula is C55H65Cl3N6O6S2. The van der Waals surface area contributed by atoms with Crippen LogP contribution in [0.2, 0.25) is 0 Å². The van der Waals surface area contributed by atoms with Crippen molar-refractivity contribution < 1.29 is 28.7 Å². The molecule has 2 saturated heterocycles. The van der Waals surface area contributed by atoms with Crippen LogP contribution >= 0.6 is 59.1 Å². The average molecular weight is 1080 g/mol. The number of halogens is 3. The molecule has 4 unspecified atom stereocenters. The maximum atomic E-state index is 14.0. The molecule has 4 aromatic carbocycles. The van der Waals surface area contributed by atoms with E-state index in [0.29, 0.717) is 55.7 Å². The smallest absolute Gasteiger partial charge is 0.251 e. The minimum Gasteiger partial charge on any atom is -0.457 e. The Morgan fingerprint density at radius 2 is 1.18 bits per heavy atom. The first kappa shape index (κ1) is 57.5. The van der Waals surface area contributed by atoms with E-state index in [0.717, 1.165) is 39.0 Å². The number of piperazine rings is 2. The molecule has 8 rings (SSSR count). The van der Waals surface area contributed by atoms with E-state index in [1.54, 1.807) is 29.2 Å². The average Bonchev–Trinajstić information content (AvgIpc) is 4.12. The van der Waals surface area contributed by atoms with Gasteiger partial charge >= 0.3 is 0 Å². The maximum Gasteiger partial charge on any atom is 0.251 e. The second-order valence-corrected chi connectivity index (χ2v) is 20.1. The molecule has 4 heterocycles. The molecule has 2 aromatic heterocycles. The molecule has 0 bridgehead atoms. The lowest BCUT2D eigenvalue weighted by molar-refractivity contribution is -0.136. The molecular weight excluding hydrogens is 1010 g/mol. The Kier molecular flexibility index (Phi) is 22.0. The lowest BCUT2D eigenvalue weighted by Crippen LogP contribution is -2.58. The molecule has 5 atom stereocenters. The first-order valence-electron chi connectivity index (χ1n) is 23.9. The van der Waals surface area contributed by atoms with Crippen LogP contribution in [0.1, 0.15) is 68.4 Å². The number of ether oxygens (including phenoxy) is 2. The van der Waals surface area contributed by atoms with Crippen molar-refractivity contribution in [1.29, 1.82) is 0 Å². The van der Waals surface area contributed by atoms with Gasteiger partial charge in [-0.3, -0.25) is 29.0 Å². The van der Waals surface area contributed by atoms with Crippen molar-refractivity contribution in [1.82, 2.24) is 20.4 Å². The second-order valence-electron chi connectivity index (χ2n) is 17.9. The van der Waals surface area contributed by atoms with E-state index >= 15 is 0 Å². The first-order chi connectivity index (χ1) is 33.8. The summed E-state index contributed by atoms with van der Waals surface area (Å²) in [6, 6.07) is 38.7. The van der Waals surface area contributed by atoms with Crippen molar-refractivity contribution in [3.63, 3.8) is 0 Å². The highest BCUT2D eigenvalue weighted by Gasteiger charge is 2.40. The van der Waals surface area contributed by atoms with Gasteiger partial charge < -0.3 is 29.9 Å². The van der Waals surface area contributed by atoms with E-state index in [4.69, 9.17) is 21.1 Å². The number of para-hydroxylation sites is 2. The van der Waals surface area contributed by atoms with Gasteiger partial charge in [-0.15, -0.1) is 59.1 Å². The summed E-state index contributed by atoms with van der Waals surface area (Å²) in [4.78, 5) is 63.2. The number of amides is 4. The van der Waals surface area contributed by atoms with Crippen LogP contribution in [0.25, 0.3) is 0 Å². The number of benzene rings is 4. The Balaban J connectivity index is 0.000000260. The van der Waals surface area contributed by atoms with Crippen molar-refractivity contribution in [2.75, 3.05) is 48.4 Å². The fourth-order valence-corrected chi connectivity index (χ4v) is 10.6. The van der Waals surface area contributed by atoms with Crippen molar-refractivity contribution in [3.05, 3.63) is 153 Å². The van der Waals surface area contributed by atoms with Gasteiger partial charge in [0.15, 0.2) is 0 Å². The molecule has 2 N–H and O–H groups in total. The van der Waals surface area contributed by atoms with Crippen molar-refractivity contribution in [3.8, 4) is 23.0 Å². The second kappa shape index (κ2) is 27.6. The van der Waals surface area contributed by atoms with E-state index < -0.39 is 12.1 Å². The molecule has 2 fully saturated rings. The van der Waals surface area contributed by atoms with Gasteiger partial charge in [0.05, 0.1) is 0 Å². The molecule has 2 aliphatic rings. The topological polar surface area (TPSA) is 124 Å². The van der Waals surface area contributed by atoms with Crippen LogP contribution in [0, 0.1) is 12.8 Å². The zero-order chi connectivity index (χ0) is 49.7. The van der Waals surface area contributed by atoms with Crippen molar-refractivity contribution >= 4 is 94.1 Å². The van der Waals surface area contributed by atoms with E-state index in [1.807, 2.05) is 138 Å². The zero-order valence-electron chi connectivity index (χ0n) is 41.4. The van der Waals surface area contributed by atoms with Crippen LogP contribution in [-0.2, 0) is 19.2 Å². The van der Waals surface area contributed by atoms with Crippen LogP contribution in [0.15, 0.2) is 138 Å². The van der Waals surface area contributed by atoms with Crippen LogP contribution in [0.5, 0.6) is 23.0 Å². The molecule has 17 heteroatoms. The summed E-state index contributed by atoms with van der Waals surface area (Å²) in [5, 5.41) is 10.8. The summed E-state index contributed by atoms with van der Waals surface area (Å²) < 4.78 is 11.9. The summed E-state index contributed by atoms with van der Waals surface area (Å²) in [6.07, 6.45) is 0.297. The van der Waals surface area contributed by atoms with Gasteiger partial charge in [0, 0.05) is 78.4 Å². The normalized spacial score (nSPS) is 17.2. The molecule has 12 nitrogen and oxygen atoms in total. The monoisotopic (exact) mass is 1070 g/mol. The quantitative estimate of drug-likeness (QED) is 0.0975. The van der Waals surface area contributed by atoms with Gasteiger partial charge in [0.2, 0.25) is 11.8 Å². The zero-order valence-corrected chi connectivity index (χ0v) is 45.5. The number of rotatable bonds is 15. The third-order valence-corrected chi connectivity index (χ3v) is 14.3. The number of alkyl halides is 1. The first-order valence-corrected chi connectivity index (χ1v) is 26.1. The lowest BCUT2D eigenvalue weighted by Gasteiger charge is -2.40. The predicted molar refractivity (Wildman–Crippen MR) is 297 cm³/mol. The number of thiophene rings is 2. The molecule has 6 aromatic rings. The minimum atomic E-state index is -0.784. The molecule has 4 amide bonds. The highest BCUT2D eigenvalue weighted by atomic mass is 35.5. The fourth-order valence-electron chi connectivity index (χ4n) is 8.86. The fraction of sp³-hybridized carbons (Fsp3) is 0.345. The molecule has 384 valence electrons. The number of hydrogen-bond acceptors (Lipinski definition) is 10. The lowest BCUT2D eigenvalue weighted by atomic mass is 10.0. The standard InChI is InChI=1S/C28H33N3O3S.C27H30ClN3O3S.2ClH/c1-5-26(32)31(24-14-13-23(16-19(24)2)34-22-10-7-6-8-11-22)27(25-12-9-15-35-25)28(33)30-17-20(3)29-21(4)18-30;1-19(2)23-18-30(15-14-29-23)27(33)26(24-9-6-16-35-24)31(25(32)17-28)20-10-12-22(13-11-20)34-21-7-4-3-5-8-21;;/h6-16,20-21,27,29H,5,17-18H2,1-4H3;3-13,16,19,23,26,29H,14-15,17-18H2,1-2H3;2*1H/t;23-,26?;;/m.1../s1. The highest BCUT2D eigenvalue weighted by molar-refractivity contribution is 7.10. The Morgan fingerprint density at radius 1 is 0.667 bits per heavy atom. The van der Waals surface area contributed by atoms with E-state index in [1.165, 1.54) is 27.6 Å². The Bertz CT molecular complexity index is 2620. The number of aryl methyl sites for hydroxylation is 1. The van der Waals surface area contributed by atoms with Gasteiger partial charge in [-0.25, -0.2) is 0 Å². The molecule has 72 heavy (non-hydrogen) atoms. The van der Waals surface area contributed by atoms with E-state index in [-0.39, 0.29) is 72.4 Å². The number of carbonyl (C=O) groups is 4. The van der Waals surface area contributed by atoms with E-state index in [2.05, 4.69) is 38.3 Å². The number of nitrogens with zero attached hydrogens (tertiary/aromatic N) is 4. The minimum absolute atomic E-state index is 0. The molecule has 0 aliphatic carbocycles. The summed E-state index contributed by atoms with van der Waals surface area (Å²) in [5.41, 5.74) is 2.19. The molecule has 0 radical (unpaired) electrons. The van der Waals surface area contributed by atoms with Gasteiger partial charge in [-0.05, 0) is 122 Å². The third-order valence-electron chi connectivity index (χ3n) is 12.3. The molecule has 0 saturated carbocycles. The number of hydrogen-bond donors (Lipinski definition) is 2. The van der Waals surface area contributed by atoms with Gasteiger partial charge in [-0.1, -0.05) is 69.3 Å². The van der Waals surface area contributed by atoms with Gasteiger partial charge in [0.25, 0.3) is 11.8 Å². The summed E-state index contributed by atoms with van der Waals surface area (Å²) in [6.45, 7) is 15.4. The molecule has 0 spiro atoms. The predicted octanol–water partition coefficient (Wildman–Crippen LogP) is 11.7. The third kappa shape index (κ3) is 14.6. The molecule has 2 aliphatic heterocycles. The van der Waals surface area contributed by atoms with Crippen LogP contribution in [-0.4, -0.2) is 90.2 Å². The van der Waals surface area contributed by atoms with Crippen LogP contribution in [0.3, 0.4) is 0 Å². The number of carbonyl (C=O) groups excluding carboxylic acids is 4. The van der Waals surface area contributed by atoms with Gasteiger partial charge in [-0.2, -0.15) is 0 Å².